The quantitative estimate of drug-likeness (QED) is 0.220. The van der Waals surface area contributed by atoms with E-state index in [1.54, 1.807) is 41.5 Å². The number of aliphatic hydroxyl groups excluding tert-OH is 1. The molecule has 0 unspecified atom stereocenters. The van der Waals surface area contributed by atoms with Gasteiger partial charge in [0, 0.05) is 18.2 Å². The van der Waals surface area contributed by atoms with Gasteiger partial charge in [-0.05, 0) is 41.5 Å². The summed E-state index contributed by atoms with van der Waals surface area (Å²) >= 11 is 0. The van der Waals surface area contributed by atoms with Gasteiger partial charge in [-0.25, -0.2) is 22.8 Å². The molecule has 2 rings (SSSR count). The predicted molar refractivity (Wildman–Crippen MR) is 132 cm³/mol. The highest BCUT2D eigenvalue weighted by Crippen LogP contribution is 2.51. The molecule has 1 aromatic rings. The molecule has 1 aliphatic rings. The number of carbonyl (C=O) groups excluding carboxylic acids is 2. The number of ether oxygens (including phenoxy) is 3. The fourth-order valence-electron chi connectivity index (χ4n) is 3.13. The Labute approximate surface area is 224 Å². The van der Waals surface area contributed by atoms with Crippen LogP contribution < -0.4 is 11.2 Å². The van der Waals surface area contributed by atoms with Crippen molar-refractivity contribution in [2.24, 2.45) is 16.7 Å². The van der Waals surface area contributed by atoms with E-state index in [0.717, 1.165) is 10.6 Å². The highest BCUT2D eigenvalue weighted by molar-refractivity contribution is 7.48. The molecule has 0 saturated carbocycles. The molecule has 222 valence electrons. The van der Waals surface area contributed by atoms with Gasteiger partial charge in [0.25, 0.3) is 11.4 Å². The minimum absolute atomic E-state index is 0.227. The van der Waals surface area contributed by atoms with Gasteiger partial charge in [-0.1, -0.05) is 6.92 Å². The zero-order valence-electron chi connectivity index (χ0n) is 22.9. The number of aromatic amines is 1. The van der Waals surface area contributed by atoms with E-state index < -0.39 is 86.0 Å². The number of H-pyrrole nitrogens is 1. The van der Waals surface area contributed by atoms with Crippen LogP contribution in [0.5, 0.6) is 0 Å². The Bertz CT molecular complexity index is 1150. The van der Waals surface area contributed by atoms with Crippen LogP contribution in [-0.2, 0) is 48.5 Å². The molecule has 1 fully saturated rings. The summed E-state index contributed by atoms with van der Waals surface area (Å²) in [4.78, 5) is 49.3. The molecule has 4 atom stereocenters. The molecule has 1 aromatic heterocycles. The fourth-order valence-corrected chi connectivity index (χ4v) is 4.05. The number of rotatable bonds is 11. The van der Waals surface area contributed by atoms with Crippen LogP contribution in [0.3, 0.4) is 0 Å². The molecular weight excluding hydrogens is 546 g/mol. The number of halogens is 1. The van der Waals surface area contributed by atoms with Gasteiger partial charge in [0.1, 0.15) is 12.7 Å². The maximum atomic E-state index is 15.7. The number of nitrogens with one attached hydrogen (secondary N) is 1. The van der Waals surface area contributed by atoms with Crippen molar-refractivity contribution < 1.29 is 51.4 Å². The van der Waals surface area contributed by atoms with Gasteiger partial charge in [-0.15, -0.1) is 0 Å². The minimum Gasteiger partial charge on any atom is -0.437 e. The molecule has 0 bridgehead atoms. The Hall–Kier alpha value is -2.42. The van der Waals surface area contributed by atoms with Crippen LogP contribution >= 0.6 is 7.82 Å². The molecule has 0 amide bonds. The zero-order valence-corrected chi connectivity index (χ0v) is 23.8. The largest absolute Gasteiger partial charge is 0.480 e. The normalized spacial score (nSPS) is 24.0. The molecular formula is C23H36FN2O12P. The fraction of sp³-hybridized carbons (Fsp3) is 0.739. The first-order chi connectivity index (χ1) is 17.8. The number of phosphoric ester groups is 1. The van der Waals surface area contributed by atoms with E-state index in [-0.39, 0.29) is 6.54 Å². The van der Waals surface area contributed by atoms with Crippen molar-refractivity contribution in [2.45, 2.75) is 73.1 Å². The van der Waals surface area contributed by atoms with Crippen molar-refractivity contribution in [3.63, 3.8) is 0 Å². The van der Waals surface area contributed by atoms with E-state index in [0.29, 0.717) is 0 Å². The number of esters is 2. The zero-order chi connectivity index (χ0) is 29.8. The average Bonchev–Trinajstić information content (AvgIpc) is 3.02. The topological polar surface area (TPSA) is 182 Å². The molecule has 16 heteroatoms. The van der Waals surface area contributed by atoms with E-state index in [9.17, 15) is 28.8 Å². The summed E-state index contributed by atoms with van der Waals surface area (Å²) in [5.74, 6) is -5.22. The van der Waals surface area contributed by atoms with Crippen molar-refractivity contribution in [3.8, 4) is 0 Å². The van der Waals surface area contributed by atoms with Crippen LogP contribution in [0.25, 0.3) is 0 Å². The third kappa shape index (κ3) is 9.05. The maximum Gasteiger partial charge on any atom is 0.480 e. The molecule has 0 spiro atoms. The lowest BCUT2D eigenvalue weighted by Gasteiger charge is -2.26. The number of carbonyl (C=O) groups is 2. The summed E-state index contributed by atoms with van der Waals surface area (Å²) < 4.78 is 60.0. The van der Waals surface area contributed by atoms with Gasteiger partial charge in [0.15, 0.2) is 0 Å². The third-order valence-corrected chi connectivity index (χ3v) is 6.88. The molecule has 0 radical (unpaired) electrons. The average molecular weight is 583 g/mol. The van der Waals surface area contributed by atoms with E-state index in [1.165, 1.54) is 13.1 Å². The second kappa shape index (κ2) is 12.4. The van der Waals surface area contributed by atoms with Gasteiger partial charge >= 0.3 is 25.5 Å². The van der Waals surface area contributed by atoms with Crippen LogP contribution in [0.4, 0.5) is 4.39 Å². The molecule has 14 nitrogen and oxygen atoms in total. The summed E-state index contributed by atoms with van der Waals surface area (Å²) in [5.41, 5.74) is -3.22. The van der Waals surface area contributed by atoms with E-state index in [4.69, 9.17) is 27.8 Å². The number of aromatic nitrogens is 2. The summed E-state index contributed by atoms with van der Waals surface area (Å²) in [6.45, 7) is 7.65. The summed E-state index contributed by atoms with van der Waals surface area (Å²) in [5, 5.41) is 10.5. The Morgan fingerprint density at radius 3 is 2.05 bits per heavy atom. The number of nitrogens with zero attached hydrogens (tertiary/aromatic N) is 1. The van der Waals surface area contributed by atoms with Gasteiger partial charge in [-0.2, -0.15) is 0 Å². The summed E-state index contributed by atoms with van der Waals surface area (Å²) in [6, 6.07) is 1.09. The minimum atomic E-state index is -4.76. The van der Waals surface area contributed by atoms with Crippen LogP contribution in [0, 0.1) is 16.7 Å². The van der Waals surface area contributed by atoms with Crippen LogP contribution in [0.2, 0.25) is 0 Å². The molecule has 2 N–H and O–H groups in total. The van der Waals surface area contributed by atoms with Crippen LogP contribution in [0.1, 0.15) is 48.5 Å². The first kappa shape index (κ1) is 32.8. The highest BCUT2D eigenvalue weighted by Gasteiger charge is 2.55. The summed E-state index contributed by atoms with van der Waals surface area (Å²) in [7, 11) is -4.76. The molecule has 39 heavy (non-hydrogen) atoms. The van der Waals surface area contributed by atoms with E-state index >= 15 is 4.39 Å². The van der Waals surface area contributed by atoms with Crippen molar-refractivity contribution in [3.05, 3.63) is 33.1 Å². The van der Waals surface area contributed by atoms with E-state index in [1.807, 2.05) is 0 Å². The van der Waals surface area contributed by atoms with Gasteiger partial charge in [0.05, 0.1) is 23.5 Å². The Kier molecular flexibility index (Phi) is 10.4. The van der Waals surface area contributed by atoms with Gasteiger partial charge in [0.2, 0.25) is 13.6 Å². The molecule has 1 aliphatic heterocycles. The van der Waals surface area contributed by atoms with Crippen molar-refractivity contribution in [2.75, 3.05) is 20.2 Å². The Balaban J connectivity index is 2.12. The van der Waals surface area contributed by atoms with Crippen molar-refractivity contribution >= 4 is 19.8 Å². The number of hydrogen-bond donors (Lipinski definition) is 2. The van der Waals surface area contributed by atoms with Crippen molar-refractivity contribution in [1.82, 2.24) is 9.55 Å². The first-order valence-corrected chi connectivity index (χ1v) is 13.5. The SMILES string of the molecule is C[C@@H]1[C@H](Cn2ccc(=O)[nH]c2=O)O[C@](F)(COP(=O)(OCOC(=O)C(C)(C)C)OCOC(=O)C(C)(C)C)[C@H]1O. The molecule has 0 aliphatic carbocycles. The molecule has 1 saturated heterocycles. The molecule has 2 heterocycles. The van der Waals surface area contributed by atoms with Crippen molar-refractivity contribution in [1.29, 1.82) is 0 Å². The van der Waals surface area contributed by atoms with Crippen LogP contribution in [0.15, 0.2) is 21.9 Å². The Morgan fingerprint density at radius 1 is 1.08 bits per heavy atom. The van der Waals surface area contributed by atoms with Gasteiger partial charge in [-0.3, -0.25) is 28.5 Å². The number of aliphatic hydroxyl groups is 1. The van der Waals surface area contributed by atoms with E-state index in [2.05, 4.69) is 4.98 Å². The lowest BCUT2D eigenvalue weighted by atomic mass is 9.97. The lowest BCUT2D eigenvalue weighted by molar-refractivity contribution is -0.197. The predicted octanol–water partition coefficient (Wildman–Crippen LogP) is 1.85. The number of alkyl halides is 1. The molecule has 0 aromatic carbocycles. The van der Waals surface area contributed by atoms with Gasteiger partial charge < -0.3 is 19.3 Å². The smallest absolute Gasteiger partial charge is 0.437 e. The number of phosphoric acid groups is 1. The lowest BCUT2D eigenvalue weighted by Crippen LogP contribution is -2.41. The first-order valence-electron chi connectivity index (χ1n) is 12.0. The standard InChI is InChI=1S/C23H36FN2O12P/c1-14-15(10-26-9-8-16(27)25-20(26)31)38-23(24,17(14)28)11-35-39(32,36-12-33-18(29)21(2,3)4)37-13-34-19(30)22(5,6)7/h8-9,14-15,17,28H,10-13H2,1-7H3,(H,25,27,31)/t14-,15+,17+,23-/m1/s1. The highest BCUT2D eigenvalue weighted by atomic mass is 31.2. The van der Waals surface area contributed by atoms with Crippen LogP contribution in [-0.4, -0.2) is 64.9 Å². The number of hydrogen-bond acceptors (Lipinski definition) is 12. The summed E-state index contributed by atoms with van der Waals surface area (Å²) in [6.07, 6.45) is -1.67. The Morgan fingerprint density at radius 2 is 1.59 bits per heavy atom. The second-order valence-electron chi connectivity index (χ2n) is 11.1. The monoisotopic (exact) mass is 582 g/mol. The second-order valence-corrected chi connectivity index (χ2v) is 12.8. The maximum absolute atomic E-state index is 15.7. The third-order valence-electron chi connectivity index (χ3n) is 5.59.